The lowest BCUT2D eigenvalue weighted by Gasteiger charge is -2.34. The van der Waals surface area contributed by atoms with E-state index >= 15 is 0 Å². The summed E-state index contributed by atoms with van der Waals surface area (Å²) < 4.78 is 6.45. The van der Waals surface area contributed by atoms with E-state index in [1.807, 2.05) is 41.8 Å². The number of aryl methyl sites for hydroxylation is 2. The van der Waals surface area contributed by atoms with E-state index in [4.69, 9.17) is 42.1 Å². The lowest BCUT2D eigenvalue weighted by Crippen LogP contribution is -2.47. The van der Waals surface area contributed by atoms with Gasteiger partial charge < -0.3 is 41.2 Å². The predicted molar refractivity (Wildman–Crippen MR) is 273 cm³/mol. The minimum atomic E-state index is -1.07. The van der Waals surface area contributed by atoms with Crippen molar-refractivity contribution in [3.63, 3.8) is 0 Å². The van der Waals surface area contributed by atoms with Crippen molar-refractivity contribution in [2.75, 3.05) is 86.7 Å². The molecule has 7 N–H and O–H groups in total. The summed E-state index contributed by atoms with van der Waals surface area (Å²) in [7, 11) is 0. The SMILES string of the molecule is Cc1c(C(N)=O)n(CCN2CCN(c3ncc(-c4ccc(-c5nc6c7c(C)c(C(=O)O)n(CCN8CCN(c9ncccn9)CC8)c7nc(N)n6n5)nc4)cn3)CC2)c2nc(N)n3nc(-c4ccccn4)nc3c12. The topological polar surface area (TPSA) is 319 Å². The van der Waals surface area contributed by atoms with E-state index in [0.717, 1.165) is 50.4 Å². The number of hydrogen-bond acceptors (Lipinski definition) is 20. The molecule has 2 saturated heterocycles. The maximum Gasteiger partial charge on any atom is 0.352 e. The van der Waals surface area contributed by atoms with E-state index in [1.54, 1.807) is 54.7 Å². The highest BCUT2D eigenvalue weighted by atomic mass is 16.4. The second-order valence-corrected chi connectivity index (χ2v) is 18.2. The summed E-state index contributed by atoms with van der Waals surface area (Å²) in [5.41, 5.74) is 25.0. The van der Waals surface area contributed by atoms with Crippen LogP contribution in [0.5, 0.6) is 0 Å². The molecule has 1 amide bonds. The Morgan fingerprint density at radius 2 is 1.04 bits per heavy atom. The normalized spacial score (nSPS) is 14.8. The summed E-state index contributed by atoms with van der Waals surface area (Å²) >= 11 is 0. The van der Waals surface area contributed by atoms with Crippen LogP contribution in [0.3, 0.4) is 0 Å². The van der Waals surface area contributed by atoms with Crippen molar-refractivity contribution >= 4 is 69.0 Å². The third-order valence-corrected chi connectivity index (χ3v) is 13.9. The summed E-state index contributed by atoms with van der Waals surface area (Å²) in [6.07, 6.45) is 10.4. The van der Waals surface area contributed by atoms with Gasteiger partial charge >= 0.3 is 5.97 Å². The van der Waals surface area contributed by atoms with Crippen LogP contribution in [-0.2, 0) is 13.1 Å². The van der Waals surface area contributed by atoms with E-state index in [2.05, 4.69) is 54.7 Å². The van der Waals surface area contributed by atoms with Crippen LogP contribution < -0.4 is 27.0 Å². The number of anilines is 4. The number of carbonyl (C=O) groups is 2. The van der Waals surface area contributed by atoms with Crippen LogP contribution >= 0.6 is 0 Å². The summed E-state index contributed by atoms with van der Waals surface area (Å²) in [4.78, 5) is 80.8. The molecule has 0 radical (unpaired) electrons. The van der Waals surface area contributed by atoms with Gasteiger partial charge in [0.1, 0.15) is 34.1 Å². The molecule has 12 heterocycles. The highest BCUT2D eigenvalue weighted by Gasteiger charge is 2.29. The van der Waals surface area contributed by atoms with E-state index in [0.29, 0.717) is 124 Å². The lowest BCUT2D eigenvalue weighted by atomic mass is 10.1. The molecule has 12 rings (SSSR count). The molecule has 10 aromatic heterocycles. The molecule has 26 heteroatoms. The van der Waals surface area contributed by atoms with Gasteiger partial charge in [0, 0.05) is 127 Å². The van der Waals surface area contributed by atoms with Crippen LogP contribution in [0.15, 0.2) is 73.6 Å². The van der Waals surface area contributed by atoms with Gasteiger partial charge in [-0.3, -0.25) is 24.6 Å². The number of hydrogen-bond donors (Lipinski definition) is 4. The Labute approximate surface area is 420 Å². The zero-order chi connectivity index (χ0) is 50.8. The number of rotatable bonds is 13. The first-order chi connectivity index (χ1) is 36.0. The fourth-order valence-electron chi connectivity index (χ4n) is 10.2. The monoisotopic (exact) mass is 995 g/mol. The molecular formula is C48H49N23O3. The van der Waals surface area contributed by atoms with Gasteiger partial charge in [-0.05, 0) is 49.2 Å². The smallest absolute Gasteiger partial charge is 0.352 e. The molecule has 26 nitrogen and oxygen atoms in total. The number of carbonyl (C=O) groups excluding carboxylic acids is 1. The Morgan fingerprint density at radius 3 is 1.54 bits per heavy atom. The zero-order valence-electron chi connectivity index (χ0n) is 40.4. The minimum Gasteiger partial charge on any atom is -0.477 e. The van der Waals surface area contributed by atoms with E-state index in [-0.39, 0.29) is 17.6 Å². The van der Waals surface area contributed by atoms with Gasteiger partial charge in [-0.15, -0.1) is 10.2 Å². The number of pyridine rings is 2. The Morgan fingerprint density at radius 1 is 0.541 bits per heavy atom. The molecule has 2 fully saturated rings. The molecule has 2 aliphatic heterocycles. The van der Waals surface area contributed by atoms with Crippen LogP contribution in [0.25, 0.3) is 67.5 Å². The number of amides is 1. The van der Waals surface area contributed by atoms with Crippen molar-refractivity contribution in [2.45, 2.75) is 26.9 Å². The molecule has 0 bridgehead atoms. The van der Waals surface area contributed by atoms with E-state index in [9.17, 15) is 14.7 Å². The van der Waals surface area contributed by atoms with Gasteiger partial charge in [0.25, 0.3) is 5.91 Å². The van der Waals surface area contributed by atoms with Crippen molar-refractivity contribution in [3.8, 4) is 34.2 Å². The van der Waals surface area contributed by atoms with Crippen molar-refractivity contribution in [3.05, 3.63) is 96.1 Å². The van der Waals surface area contributed by atoms with E-state index in [1.165, 1.54) is 9.03 Å². The predicted octanol–water partition coefficient (Wildman–Crippen LogP) is 2.07. The molecule has 0 aliphatic carbocycles. The number of nitrogens with zero attached hydrogens (tertiary/aromatic N) is 20. The average Bonchev–Trinajstić information content (AvgIpc) is 4.20. The molecule has 0 unspecified atom stereocenters. The van der Waals surface area contributed by atoms with Crippen molar-refractivity contribution in [2.24, 2.45) is 5.73 Å². The quantitative estimate of drug-likeness (QED) is 0.128. The first kappa shape index (κ1) is 45.8. The maximum absolute atomic E-state index is 12.9. The number of aromatic nitrogens is 16. The molecule has 0 atom stereocenters. The molecule has 0 aromatic carbocycles. The molecular weight excluding hydrogens is 947 g/mol. The Kier molecular flexibility index (Phi) is 11.4. The number of primary amides is 1. The average molecular weight is 996 g/mol. The summed E-state index contributed by atoms with van der Waals surface area (Å²) in [5.74, 6) is 0.584. The second kappa shape index (κ2) is 18.4. The second-order valence-electron chi connectivity index (χ2n) is 18.2. The first-order valence-corrected chi connectivity index (χ1v) is 24.0. The largest absolute Gasteiger partial charge is 0.477 e. The van der Waals surface area contributed by atoms with E-state index < -0.39 is 11.9 Å². The molecule has 74 heavy (non-hydrogen) atoms. The van der Waals surface area contributed by atoms with Gasteiger partial charge in [0.05, 0.1) is 10.8 Å². The standard InChI is InChI=1S/C48H49N23O3/c1-27-33-40(60-45(50)70-42(33)58-38(62-70)31-6-3-4-9-52-31)68(35(27)37(49)72)22-16-64-14-20-67(21-15-64)48-56-25-30(26-57-48)29-7-8-32(55-24-29)39-59-43-34-28(2)36(44(73)74)69(41(34)61-46(51)71(43)63-39)23-17-65-12-18-66(19-13-65)47-53-10-5-11-54-47/h3-11,24-26H,12-23H2,1-2H3,(H2,49,72)(H2,50,60)(H2,51,61)(H,73,74). The van der Waals surface area contributed by atoms with Gasteiger partial charge in [0.2, 0.25) is 35.4 Å². The number of nitrogen functional groups attached to an aromatic ring is 2. The summed E-state index contributed by atoms with van der Waals surface area (Å²) in [5, 5.41) is 20.9. The fraction of sp³-hybridized carbons (Fsp3) is 0.292. The Bertz CT molecular complexity index is 3760. The molecule has 374 valence electrons. The number of aromatic carboxylic acids is 1. The Balaban J connectivity index is 0.704. The number of carboxylic acid groups (broad SMARTS) is 1. The van der Waals surface area contributed by atoms with Crippen LogP contribution in [0, 0.1) is 13.8 Å². The molecule has 0 saturated carbocycles. The maximum atomic E-state index is 12.9. The summed E-state index contributed by atoms with van der Waals surface area (Å²) in [6, 6.07) is 11.0. The Hall–Kier alpha value is -9.30. The number of fused-ring (bicyclic) bond motifs is 6. The van der Waals surface area contributed by atoms with Crippen LogP contribution in [0.2, 0.25) is 0 Å². The van der Waals surface area contributed by atoms with Crippen molar-refractivity contribution in [1.82, 2.24) is 88.0 Å². The van der Waals surface area contributed by atoms with Crippen LogP contribution in [0.1, 0.15) is 32.1 Å². The highest BCUT2D eigenvalue weighted by molar-refractivity contribution is 6.05. The fourth-order valence-corrected chi connectivity index (χ4v) is 10.2. The number of piperazine rings is 2. The third-order valence-electron chi connectivity index (χ3n) is 13.9. The van der Waals surface area contributed by atoms with Gasteiger partial charge in [-0.2, -0.15) is 19.0 Å². The van der Waals surface area contributed by atoms with Crippen LogP contribution in [-0.4, -0.2) is 170 Å². The van der Waals surface area contributed by atoms with Gasteiger partial charge in [-0.25, -0.2) is 34.7 Å². The summed E-state index contributed by atoms with van der Waals surface area (Å²) in [6.45, 7) is 11.6. The van der Waals surface area contributed by atoms with Gasteiger partial charge in [-0.1, -0.05) is 12.1 Å². The molecule has 2 aliphatic rings. The zero-order valence-corrected chi connectivity index (χ0v) is 40.4. The third kappa shape index (κ3) is 8.00. The van der Waals surface area contributed by atoms with Crippen LogP contribution in [0.4, 0.5) is 23.8 Å². The lowest BCUT2D eigenvalue weighted by molar-refractivity contribution is 0.0683. The van der Waals surface area contributed by atoms with Crippen molar-refractivity contribution in [1.29, 1.82) is 0 Å². The number of nitrogens with two attached hydrogens (primary N) is 3. The van der Waals surface area contributed by atoms with Crippen molar-refractivity contribution < 1.29 is 14.7 Å². The first-order valence-electron chi connectivity index (χ1n) is 24.0. The molecule has 0 spiro atoms. The molecule has 10 aromatic rings. The van der Waals surface area contributed by atoms with Gasteiger partial charge in [0.15, 0.2) is 11.3 Å². The number of carboxylic acids is 1. The minimum absolute atomic E-state index is 0.0724. The highest BCUT2D eigenvalue weighted by Crippen LogP contribution is 2.33.